The Morgan fingerprint density at radius 1 is 1.03 bits per heavy atom. The van der Waals surface area contributed by atoms with Crippen molar-refractivity contribution in [3.05, 3.63) is 76.9 Å². The summed E-state index contributed by atoms with van der Waals surface area (Å²) < 4.78 is 15.0. The maximum Gasteiger partial charge on any atom is 0.231 e. The summed E-state index contributed by atoms with van der Waals surface area (Å²) in [6.07, 6.45) is 6.18. The van der Waals surface area contributed by atoms with Crippen LogP contribution < -0.4 is 14.0 Å². The van der Waals surface area contributed by atoms with Crippen LogP contribution in [0.5, 0.6) is 11.5 Å². The smallest absolute Gasteiger partial charge is 0.231 e. The number of fused-ring (bicyclic) bond motifs is 1. The Kier molecular flexibility index (Phi) is 5.38. The third-order valence-electron chi connectivity index (χ3n) is 5.48. The fraction of sp³-hybridized carbons (Fsp3) is 0.333. The average Bonchev–Trinajstić information content (AvgIpc) is 3.29. The molecule has 0 saturated heterocycles. The quantitative estimate of drug-likeness (QED) is 0.452. The molecule has 1 aliphatic rings. The molecule has 2 aromatic heterocycles. The summed E-state index contributed by atoms with van der Waals surface area (Å²) in [7, 11) is 0. The Balaban J connectivity index is 1.51. The van der Waals surface area contributed by atoms with Gasteiger partial charge in [0.2, 0.25) is 19.1 Å². The molecule has 5 nitrogen and oxygen atoms in total. The number of hydrogen-bond donors (Lipinski definition) is 0. The van der Waals surface area contributed by atoms with Crippen molar-refractivity contribution in [3.63, 3.8) is 0 Å². The maximum absolute atomic E-state index is 12.9. The van der Waals surface area contributed by atoms with E-state index in [0.29, 0.717) is 13.1 Å². The van der Waals surface area contributed by atoms with Crippen molar-refractivity contribution in [2.24, 2.45) is 0 Å². The standard InChI is InChI=1S/C24H27N2O3/c1-4-5-19-8-10-25(11-9-19)15-22(27)21-12-17(2)26(18(21)3)14-20-6-7-23-24(13-20)29-16-28-23/h6-13H,4-5,14-16H2,1-3H3/q+1. The molecule has 0 unspecified atom stereocenters. The Morgan fingerprint density at radius 3 is 2.55 bits per heavy atom. The molecular weight excluding hydrogens is 364 g/mol. The highest BCUT2D eigenvalue weighted by atomic mass is 16.7. The lowest BCUT2D eigenvalue weighted by molar-refractivity contribution is -0.683. The van der Waals surface area contributed by atoms with Crippen molar-refractivity contribution in [2.45, 2.75) is 46.7 Å². The van der Waals surface area contributed by atoms with Crippen molar-refractivity contribution < 1.29 is 18.8 Å². The average molecular weight is 391 g/mol. The molecule has 0 amide bonds. The molecular formula is C24H27N2O3+. The molecule has 1 aromatic carbocycles. The number of aryl methyl sites for hydroxylation is 2. The molecule has 0 atom stereocenters. The normalized spacial score (nSPS) is 12.4. The Hall–Kier alpha value is -3.08. The number of carbonyl (C=O) groups excluding carboxylic acids is 1. The van der Waals surface area contributed by atoms with Gasteiger partial charge in [0.05, 0.1) is 0 Å². The Bertz CT molecular complexity index is 1040. The van der Waals surface area contributed by atoms with Gasteiger partial charge in [-0.25, -0.2) is 0 Å². The lowest BCUT2D eigenvalue weighted by Crippen LogP contribution is -2.37. The molecule has 29 heavy (non-hydrogen) atoms. The number of hydrogen-bond acceptors (Lipinski definition) is 3. The number of ether oxygens (including phenoxy) is 2. The van der Waals surface area contributed by atoms with Gasteiger partial charge in [-0.3, -0.25) is 4.79 Å². The first-order valence-electron chi connectivity index (χ1n) is 10.1. The second-order valence-corrected chi connectivity index (χ2v) is 7.61. The van der Waals surface area contributed by atoms with E-state index in [4.69, 9.17) is 9.47 Å². The number of aromatic nitrogens is 2. The Morgan fingerprint density at radius 2 is 1.79 bits per heavy atom. The van der Waals surface area contributed by atoms with Crippen molar-refractivity contribution in [2.75, 3.05) is 6.79 Å². The zero-order chi connectivity index (χ0) is 20.4. The van der Waals surface area contributed by atoms with Crippen LogP contribution in [0, 0.1) is 13.8 Å². The van der Waals surface area contributed by atoms with E-state index in [9.17, 15) is 4.79 Å². The molecule has 4 rings (SSSR count). The van der Waals surface area contributed by atoms with Crippen molar-refractivity contribution >= 4 is 5.78 Å². The van der Waals surface area contributed by atoms with E-state index < -0.39 is 0 Å². The number of carbonyl (C=O) groups is 1. The zero-order valence-corrected chi connectivity index (χ0v) is 17.3. The van der Waals surface area contributed by atoms with Crippen LogP contribution in [0.3, 0.4) is 0 Å². The topological polar surface area (TPSA) is 44.3 Å². The van der Waals surface area contributed by atoms with Crippen LogP contribution in [0.4, 0.5) is 0 Å². The van der Waals surface area contributed by atoms with Gasteiger partial charge in [0.15, 0.2) is 23.9 Å². The molecule has 0 aliphatic carbocycles. The second kappa shape index (κ2) is 8.11. The van der Waals surface area contributed by atoms with Crippen molar-refractivity contribution in [1.29, 1.82) is 0 Å². The third kappa shape index (κ3) is 4.04. The number of Topliss-reactive ketones (excluding diaryl/α,β-unsaturated/α-hetero) is 1. The van der Waals surface area contributed by atoms with Crippen LogP contribution in [0.1, 0.15) is 46.2 Å². The molecule has 3 heterocycles. The SMILES string of the molecule is CCCc1cc[n+](CC(=O)c2cc(C)n(Cc3ccc4c(c3)OCO4)c2C)cc1. The van der Waals surface area contributed by atoms with Gasteiger partial charge in [0, 0.05) is 35.6 Å². The molecule has 150 valence electrons. The molecule has 0 spiro atoms. The predicted molar refractivity (Wildman–Crippen MR) is 111 cm³/mol. The summed E-state index contributed by atoms with van der Waals surface area (Å²) in [5, 5.41) is 0. The van der Waals surface area contributed by atoms with Crippen molar-refractivity contribution in [1.82, 2.24) is 4.57 Å². The molecule has 0 radical (unpaired) electrons. The van der Waals surface area contributed by atoms with E-state index >= 15 is 0 Å². The highest BCUT2D eigenvalue weighted by Crippen LogP contribution is 2.33. The van der Waals surface area contributed by atoms with E-state index in [-0.39, 0.29) is 12.6 Å². The minimum absolute atomic E-state index is 0.128. The third-order valence-corrected chi connectivity index (χ3v) is 5.48. The van der Waals surface area contributed by atoms with E-state index in [1.807, 2.05) is 55.1 Å². The molecule has 0 fully saturated rings. The summed E-state index contributed by atoms with van der Waals surface area (Å²) >= 11 is 0. The number of ketones is 1. The summed E-state index contributed by atoms with van der Waals surface area (Å²) in [5.41, 5.74) is 5.28. The van der Waals surface area contributed by atoms with Crippen LogP contribution in [-0.4, -0.2) is 17.1 Å². The number of pyridine rings is 1. The minimum Gasteiger partial charge on any atom is -0.454 e. The second-order valence-electron chi connectivity index (χ2n) is 7.61. The highest BCUT2D eigenvalue weighted by Gasteiger charge is 2.20. The van der Waals surface area contributed by atoms with Gasteiger partial charge in [-0.15, -0.1) is 0 Å². The van der Waals surface area contributed by atoms with E-state index in [1.54, 1.807) is 0 Å². The van der Waals surface area contributed by atoms with Gasteiger partial charge in [-0.2, -0.15) is 4.57 Å². The van der Waals surface area contributed by atoms with Crippen LogP contribution in [0.25, 0.3) is 0 Å². The lowest BCUT2D eigenvalue weighted by Gasteiger charge is -2.10. The molecule has 1 aliphatic heterocycles. The van der Waals surface area contributed by atoms with Gasteiger partial charge in [-0.1, -0.05) is 19.4 Å². The molecule has 5 heteroatoms. The number of nitrogens with zero attached hydrogens (tertiary/aromatic N) is 2. The van der Waals surface area contributed by atoms with E-state index in [2.05, 4.69) is 23.6 Å². The zero-order valence-electron chi connectivity index (χ0n) is 17.3. The van der Waals surface area contributed by atoms with E-state index in [0.717, 1.165) is 46.9 Å². The number of benzene rings is 1. The summed E-state index contributed by atoms with van der Waals surface area (Å²) in [5.74, 6) is 1.69. The first-order chi connectivity index (χ1) is 14.0. The molecule has 0 N–H and O–H groups in total. The predicted octanol–water partition coefficient (Wildman–Crippen LogP) is 4.00. The fourth-order valence-electron chi connectivity index (χ4n) is 3.85. The van der Waals surface area contributed by atoms with Gasteiger partial charge in [0.1, 0.15) is 0 Å². The summed E-state index contributed by atoms with van der Waals surface area (Å²) in [6, 6.07) is 12.2. The number of rotatable bonds is 7. The maximum atomic E-state index is 12.9. The molecule has 0 bridgehead atoms. The molecule has 3 aromatic rings. The summed E-state index contributed by atoms with van der Waals surface area (Å²) in [6.45, 7) is 7.55. The largest absolute Gasteiger partial charge is 0.454 e. The van der Waals surface area contributed by atoms with Crippen LogP contribution in [-0.2, 0) is 19.5 Å². The molecule has 0 saturated carbocycles. The monoisotopic (exact) mass is 391 g/mol. The van der Waals surface area contributed by atoms with Crippen LogP contribution in [0.2, 0.25) is 0 Å². The van der Waals surface area contributed by atoms with Gasteiger partial charge in [-0.05, 0) is 49.6 Å². The van der Waals surface area contributed by atoms with Crippen LogP contribution >= 0.6 is 0 Å². The fourth-order valence-corrected chi connectivity index (χ4v) is 3.85. The first kappa shape index (κ1) is 19.2. The van der Waals surface area contributed by atoms with Gasteiger partial charge in [0.25, 0.3) is 0 Å². The van der Waals surface area contributed by atoms with Crippen molar-refractivity contribution in [3.8, 4) is 11.5 Å². The first-order valence-corrected chi connectivity index (χ1v) is 10.1. The minimum atomic E-state index is 0.128. The van der Waals surface area contributed by atoms with E-state index in [1.165, 1.54) is 5.56 Å². The van der Waals surface area contributed by atoms with Gasteiger partial charge < -0.3 is 14.0 Å². The highest BCUT2D eigenvalue weighted by molar-refractivity contribution is 5.96. The Labute approximate surface area is 171 Å². The lowest BCUT2D eigenvalue weighted by atomic mass is 10.1. The van der Waals surface area contributed by atoms with Crippen LogP contribution in [0.15, 0.2) is 48.8 Å². The van der Waals surface area contributed by atoms with Gasteiger partial charge >= 0.3 is 0 Å². The summed E-state index contributed by atoms with van der Waals surface area (Å²) in [4.78, 5) is 12.9.